The van der Waals surface area contributed by atoms with Gasteiger partial charge in [-0.25, -0.2) is 0 Å². The summed E-state index contributed by atoms with van der Waals surface area (Å²) in [4.78, 5) is 29.1. The number of nitrogens with zero attached hydrogens (tertiary/aromatic N) is 2. The van der Waals surface area contributed by atoms with E-state index in [-0.39, 0.29) is 11.8 Å². The van der Waals surface area contributed by atoms with E-state index in [1.54, 1.807) is 6.92 Å². The van der Waals surface area contributed by atoms with Gasteiger partial charge in [0.15, 0.2) is 0 Å². The van der Waals surface area contributed by atoms with Crippen molar-refractivity contribution in [2.24, 2.45) is 0 Å². The lowest BCUT2D eigenvalue weighted by atomic mass is 9.90. The lowest BCUT2D eigenvalue weighted by Crippen LogP contribution is -2.54. The Hall–Kier alpha value is -2.86. The van der Waals surface area contributed by atoms with Gasteiger partial charge in [-0.2, -0.15) is 0 Å². The summed E-state index contributed by atoms with van der Waals surface area (Å²) in [5.74, 6) is 0.949. The van der Waals surface area contributed by atoms with E-state index in [4.69, 9.17) is 4.74 Å². The first-order chi connectivity index (χ1) is 15.2. The Bertz CT molecular complexity index is 1000. The van der Waals surface area contributed by atoms with Gasteiger partial charge in [0.25, 0.3) is 0 Å². The average Bonchev–Trinajstić information content (AvgIpc) is 2.89. The number of amides is 2. The van der Waals surface area contributed by atoms with Crippen LogP contribution in [0.5, 0.6) is 5.75 Å². The van der Waals surface area contributed by atoms with E-state index in [0.29, 0.717) is 19.6 Å². The molecule has 1 fully saturated rings. The standard InChI is InChI=1S/C26H33N3O3/c1-18-8-9-23-22(14-18)15-29(21(4)30)17-26(32-23)10-12-28(13-11-26)16-24(31)27-25-19(2)6-5-7-20(25)3/h5-9,14H,10-13,15-17H2,1-4H3,(H,27,31). The molecule has 32 heavy (non-hydrogen) atoms. The molecule has 170 valence electrons. The van der Waals surface area contributed by atoms with Crippen LogP contribution in [0.3, 0.4) is 0 Å². The number of benzene rings is 2. The molecule has 0 aromatic heterocycles. The van der Waals surface area contributed by atoms with Crippen molar-refractivity contribution in [3.05, 3.63) is 58.7 Å². The zero-order valence-corrected chi connectivity index (χ0v) is 19.5. The predicted octanol–water partition coefficient (Wildman–Crippen LogP) is 3.83. The summed E-state index contributed by atoms with van der Waals surface area (Å²) in [6, 6.07) is 12.2. The van der Waals surface area contributed by atoms with Crippen LogP contribution in [0.4, 0.5) is 5.69 Å². The Morgan fingerprint density at radius 3 is 2.41 bits per heavy atom. The molecule has 1 saturated heterocycles. The number of ether oxygens (including phenoxy) is 1. The van der Waals surface area contributed by atoms with Gasteiger partial charge >= 0.3 is 0 Å². The van der Waals surface area contributed by atoms with E-state index in [1.165, 1.54) is 0 Å². The maximum Gasteiger partial charge on any atom is 0.238 e. The molecule has 6 nitrogen and oxygen atoms in total. The molecule has 0 saturated carbocycles. The second-order valence-electron chi connectivity index (χ2n) is 9.36. The van der Waals surface area contributed by atoms with Crippen LogP contribution in [0.2, 0.25) is 0 Å². The van der Waals surface area contributed by atoms with Crippen LogP contribution in [0.25, 0.3) is 0 Å². The Morgan fingerprint density at radius 1 is 1.06 bits per heavy atom. The number of hydrogen-bond acceptors (Lipinski definition) is 4. The summed E-state index contributed by atoms with van der Waals surface area (Å²) in [5.41, 5.74) is 4.86. The predicted molar refractivity (Wildman–Crippen MR) is 126 cm³/mol. The lowest BCUT2D eigenvalue weighted by Gasteiger charge is -2.42. The number of fused-ring (bicyclic) bond motifs is 1. The molecule has 1 N–H and O–H groups in total. The topological polar surface area (TPSA) is 61.9 Å². The fourth-order valence-electron chi connectivity index (χ4n) is 4.80. The summed E-state index contributed by atoms with van der Waals surface area (Å²) < 4.78 is 6.58. The SMILES string of the molecule is CC(=O)N1Cc2cc(C)ccc2OC2(CCN(CC(=O)Nc3c(C)cccc3C)CC2)C1. The van der Waals surface area contributed by atoms with Gasteiger partial charge in [0.2, 0.25) is 11.8 Å². The number of aryl methyl sites for hydroxylation is 3. The monoisotopic (exact) mass is 435 g/mol. The molecule has 0 aliphatic carbocycles. The van der Waals surface area contributed by atoms with Gasteiger partial charge in [0.1, 0.15) is 11.4 Å². The molecule has 0 bridgehead atoms. The van der Waals surface area contributed by atoms with Crippen molar-refractivity contribution in [1.82, 2.24) is 9.80 Å². The Labute approximate surface area is 190 Å². The van der Waals surface area contributed by atoms with E-state index in [0.717, 1.165) is 59.6 Å². The maximum absolute atomic E-state index is 12.7. The number of piperidine rings is 1. The molecule has 4 rings (SSSR count). The average molecular weight is 436 g/mol. The third-order valence-electron chi connectivity index (χ3n) is 6.71. The van der Waals surface area contributed by atoms with Gasteiger partial charge in [0.05, 0.1) is 13.1 Å². The molecular formula is C26H33N3O3. The molecular weight excluding hydrogens is 402 g/mol. The number of likely N-dealkylation sites (tertiary alicyclic amines) is 1. The first-order valence-corrected chi connectivity index (χ1v) is 11.4. The first kappa shape index (κ1) is 22.3. The fourth-order valence-corrected chi connectivity index (χ4v) is 4.80. The van der Waals surface area contributed by atoms with Gasteiger partial charge in [-0.3, -0.25) is 14.5 Å². The van der Waals surface area contributed by atoms with Gasteiger partial charge in [0, 0.05) is 50.7 Å². The summed E-state index contributed by atoms with van der Waals surface area (Å²) in [5, 5.41) is 3.08. The summed E-state index contributed by atoms with van der Waals surface area (Å²) >= 11 is 0. The van der Waals surface area contributed by atoms with E-state index in [9.17, 15) is 9.59 Å². The van der Waals surface area contributed by atoms with E-state index >= 15 is 0 Å². The van der Waals surface area contributed by atoms with Crippen molar-refractivity contribution in [2.75, 3.05) is 31.5 Å². The van der Waals surface area contributed by atoms with Gasteiger partial charge < -0.3 is 15.0 Å². The van der Waals surface area contributed by atoms with Crippen LogP contribution in [0.15, 0.2) is 36.4 Å². The minimum atomic E-state index is -0.411. The Morgan fingerprint density at radius 2 is 1.75 bits per heavy atom. The van der Waals surface area contributed by atoms with Crippen molar-refractivity contribution in [3.8, 4) is 5.75 Å². The molecule has 0 atom stereocenters. The number of anilines is 1. The molecule has 2 aliphatic heterocycles. The van der Waals surface area contributed by atoms with Gasteiger partial charge in [-0.05, 0) is 38.0 Å². The molecule has 2 aliphatic rings. The van der Waals surface area contributed by atoms with Crippen LogP contribution in [0.1, 0.15) is 42.0 Å². The summed E-state index contributed by atoms with van der Waals surface area (Å²) in [7, 11) is 0. The first-order valence-electron chi connectivity index (χ1n) is 11.4. The third kappa shape index (κ3) is 4.80. The smallest absolute Gasteiger partial charge is 0.238 e. The van der Waals surface area contributed by atoms with E-state index in [2.05, 4.69) is 29.3 Å². The second-order valence-corrected chi connectivity index (χ2v) is 9.36. The van der Waals surface area contributed by atoms with Crippen LogP contribution in [-0.2, 0) is 16.1 Å². The molecule has 0 radical (unpaired) electrons. The number of nitrogens with one attached hydrogen (secondary N) is 1. The van der Waals surface area contributed by atoms with Crippen LogP contribution < -0.4 is 10.1 Å². The van der Waals surface area contributed by atoms with E-state index < -0.39 is 5.60 Å². The molecule has 0 unspecified atom stereocenters. The molecule has 6 heteroatoms. The molecule has 2 amide bonds. The minimum absolute atomic E-state index is 0.00585. The lowest BCUT2D eigenvalue weighted by molar-refractivity contribution is -0.132. The second kappa shape index (κ2) is 8.94. The quantitative estimate of drug-likeness (QED) is 0.796. The minimum Gasteiger partial charge on any atom is -0.485 e. The third-order valence-corrected chi connectivity index (χ3v) is 6.71. The number of para-hydroxylation sites is 1. The number of carbonyl (C=O) groups is 2. The highest BCUT2D eigenvalue weighted by Gasteiger charge is 2.41. The largest absolute Gasteiger partial charge is 0.485 e. The van der Waals surface area contributed by atoms with Crippen LogP contribution >= 0.6 is 0 Å². The molecule has 2 aromatic carbocycles. The highest BCUT2D eigenvalue weighted by Crippen LogP contribution is 2.36. The Kier molecular flexibility index (Phi) is 6.24. The number of rotatable bonds is 3. The zero-order chi connectivity index (χ0) is 22.9. The summed E-state index contributed by atoms with van der Waals surface area (Å²) in [6.45, 7) is 10.7. The van der Waals surface area contributed by atoms with Crippen molar-refractivity contribution in [1.29, 1.82) is 0 Å². The van der Waals surface area contributed by atoms with Crippen LogP contribution in [-0.4, -0.2) is 53.4 Å². The highest BCUT2D eigenvalue weighted by atomic mass is 16.5. The summed E-state index contributed by atoms with van der Waals surface area (Å²) in [6.07, 6.45) is 1.56. The van der Waals surface area contributed by atoms with Crippen LogP contribution in [0, 0.1) is 20.8 Å². The molecule has 1 spiro atoms. The van der Waals surface area contributed by atoms with Crippen molar-refractivity contribution in [3.63, 3.8) is 0 Å². The van der Waals surface area contributed by atoms with E-state index in [1.807, 2.05) is 43.0 Å². The molecule has 2 heterocycles. The zero-order valence-electron chi connectivity index (χ0n) is 19.5. The van der Waals surface area contributed by atoms with Gasteiger partial charge in [-0.15, -0.1) is 0 Å². The highest BCUT2D eigenvalue weighted by molar-refractivity contribution is 5.93. The number of hydrogen-bond donors (Lipinski definition) is 1. The van der Waals surface area contributed by atoms with Crippen molar-refractivity contribution < 1.29 is 14.3 Å². The molecule has 2 aromatic rings. The Balaban J connectivity index is 1.43. The normalized spacial score (nSPS) is 17.9. The van der Waals surface area contributed by atoms with Crippen molar-refractivity contribution in [2.45, 2.75) is 52.7 Å². The fraction of sp³-hybridized carbons (Fsp3) is 0.462. The van der Waals surface area contributed by atoms with Crippen molar-refractivity contribution >= 4 is 17.5 Å². The number of carbonyl (C=O) groups excluding carboxylic acids is 2. The van der Waals surface area contributed by atoms with Gasteiger partial charge in [-0.1, -0.05) is 35.9 Å². The maximum atomic E-state index is 12.7.